The van der Waals surface area contributed by atoms with Crippen LogP contribution in [0.25, 0.3) is 0 Å². The van der Waals surface area contributed by atoms with E-state index in [9.17, 15) is 0 Å². The molecule has 1 rings (SSSR count). The molecule has 0 saturated carbocycles. The Morgan fingerprint density at radius 1 is 1.60 bits per heavy atom. The number of pyridine rings is 1. The van der Waals surface area contributed by atoms with Crippen LogP contribution in [-0.4, -0.2) is 4.98 Å². The van der Waals surface area contributed by atoms with Crippen LogP contribution < -0.4 is 5.73 Å². The molecule has 0 atom stereocenters. The second-order valence-corrected chi connectivity index (χ2v) is 2.65. The molecular formula is C6H8BrClN2. The van der Waals surface area contributed by atoms with Crippen molar-refractivity contribution in [3.8, 4) is 0 Å². The molecule has 0 fully saturated rings. The summed E-state index contributed by atoms with van der Waals surface area (Å²) in [6.45, 7) is 1.88. The van der Waals surface area contributed by atoms with Crippen molar-refractivity contribution >= 4 is 34.0 Å². The quantitative estimate of drug-likeness (QED) is 0.732. The van der Waals surface area contributed by atoms with Crippen molar-refractivity contribution < 1.29 is 0 Å². The zero-order valence-electron chi connectivity index (χ0n) is 5.47. The van der Waals surface area contributed by atoms with Crippen LogP contribution in [0.4, 0.5) is 5.69 Å². The molecule has 2 N–H and O–H groups in total. The first-order chi connectivity index (χ1) is 4.22. The molecule has 1 aromatic rings. The van der Waals surface area contributed by atoms with Crippen LogP contribution in [0.15, 0.2) is 16.7 Å². The molecule has 10 heavy (non-hydrogen) atoms. The molecule has 1 heterocycles. The summed E-state index contributed by atoms with van der Waals surface area (Å²) < 4.78 is 0.912. The molecule has 0 unspecified atom stereocenters. The highest BCUT2D eigenvalue weighted by Gasteiger charge is 1.96. The number of nitrogen functional groups attached to an aromatic ring is 1. The average Bonchev–Trinajstić information content (AvgIpc) is 1.83. The fourth-order valence-electron chi connectivity index (χ4n) is 0.547. The number of rotatable bonds is 0. The van der Waals surface area contributed by atoms with Crippen molar-refractivity contribution in [1.82, 2.24) is 4.98 Å². The summed E-state index contributed by atoms with van der Waals surface area (Å²) in [7, 11) is 0. The maximum absolute atomic E-state index is 5.57. The van der Waals surface area contributed by atoms with Gasteiger partial charge in [-0.05, 0) is 28.9 Å². The van der Waals surface area contributed by atoms with Gasteiger partial charge < -0.3 is 5.73 Å². The zero-order valence-corrected chi connectivity index (χ0v) is 7.87. The van der Waals surface area contributed by atoms with E-state index < -0.39 is 0 Å². The van der Waals surface area contributed by atoms with Gasteiger partial charge in [-0.3, -0.25) is 4.98 Å². The van der Waals surface area contributed by atoms with Crippen LogP contribution in [0.5, 0.6) is 0 Å². The van der Waals surface area contributed by atoms with Gasteiger partial charge in [-0.25, -0.2) is 0 Å². The lowest BCUT2D eigenvalue weighted by Crippen LogP contribution is -1.92. The summed E-state index contributed by atoms with van der Waals surface area (Å²) in [5, 5.41) is 0. The van der Waals surface area contributed by atoms with Crippen LogP contribution in [0.2, 0.25) is 0 Å². The Kier molecular flexibility index (Phi) is 3.68. The number of aromatic nitrogens is 1. The topological polar surface area (TPSA) is 38.9 Å². The molecule has 0 aliphatic heterocycles. The third-order valence-electron chi connectivity index (χ3n) is 1.14. The van der Waals surface area contributed by atoms with Gasteiger partial charge in [0.05, 0.1) is 11.4 Å². The molecule has 2 nitrogen and oxygen atoms in total. The van der Waals surface area contributed by atoms with Crippen molar-refractivity contribution in [2.45, 2.75) is 6.92 Å². The van der Waals surface area contributed by atoms with Crippen molar-refractivity contribution in [2.75, 3.05) is 5.73 Å². The fourth-order valence-corrected chi connectivity index (χ4v) is 0.952. The van der Waals surface area contributed by atoms with Crippen molar-refractivity contribution in [3.63, 3.8) is 0 Å². The minimum Gasteiger partial charge on any atom is -0.396 e. The average molecular weight is 224 g/mol. The van der Waals surface area contributed by atoms with Gasteiger partial charge in [-0.1, -0.05) is 0 Å². The number of nitrogens with zero attached hydrogens (tertiary/aromatic N) is 1. The molecule has 0 saturated heterocycles. The smallest absolute Gasteiger partial charge is 0.0674 e. The number of hydrogen-bond acceptors (Lipinski definition) is 2. The number of aryl methyl sites for hydroxylation is 1. The monoisotopic (exact) mass is 222 g/mol. The Hall–Kier alpha value is -0.280. The van der Waals surface area contributed by atoms with E-state index in [0.29, 0.717) is 0 Å². The zero-order chi connectivity index (χ0) is 6.85. The van der Waals surface area contributed by atoms with Crippen LogP contribution in [0.1, 0.15) is 5.69 Å². The Labute approximate surface area is 74.4 Å². The first-order valence-electron chi connectivity index (χ1n) is 2.58. The summed E-state index contributed by atoms with van der Waals surface area (Å²) in [5.74, 6) is 0. The van der Waals surface area contributed by atoms with Gasteiger partial charge >= 0.3 is 0 Å². The van der Waals surface area contributed by atoms with E-state index in [1.807, 2.05) is 13.0 Å². The summed E-state index contributed by atoms with van der Waals surface area (Å²) in [6.07, 6.45) is 1.72. The van der Waals surface area contributed by atoms with E-state index >= 15 is 0 Å². The molecule has 0 amide bonds. The van der Waals surface area contributed by atoms with Crippen molar-refractivity contribution in [1.29, 1.82) is 0 Å². The van der Waals surface area contributed by atoms with E-state index in [2.05, 4.69) is 20.9 Å². The Bertz CT molecular complexity index is 207. The van der Waals surface area contributed by atoms with Gasteiger partial charge in [0.25, 0.3) is 0 Å². The van der Waals surface area contributed by atoms with Gasteiger partial charge in [0.1, 0.15) is 0 Å². The third-order valence-corrected chi connectivity index (χ3v) is 1.83. The van der Waals surface area contributed by atoms with Gasteiger partial charge in [-0.2, -0.15) is 0 Å². The Morgan fingerprint density at radius 3 is 2.60 bits per heavy atom. The normalized spacial score (nSPS) is 8.60. The van der Waals surface area contributed by atoms with E-state index in [0.717, 1.165) is 15.9 Å². The second-order valence-electron chi connectivity index (χ2n) is 1.79. The summed E-state index contributed by atoms with van der Waals surface area (Å²) in [6, 6.07) is 1.82. The van der Waals surface area contributed by atoms with E-state index in [1.54, 1.807) is 6.20 Å². The largest absolute Gasteiger partial charge is 0.396 e. The molecule has 0 aliphatic rings. The SMILES string of the molecule is Cc1nccc(Br)c1N.Cl. The lowest BCUT2D eigenvalue weighted by atomic mass is 10.3. The first kappa shape index (κ1) is 9.72. The fraction of sp³-hybridized carbons (Fsp3) is 0.167. The summed E-state index contributed by atoms with van der Waals surface area (Å²) >= 11 is 3.28. The lowest BCUT2D eigenvalue weighted by molar-refractivity contribution is 1.20. The van der Waals surface area contributed by atoms with Crippen LogP contribution in [0.3, 0.4) is 0 Å². The van der Waals surface area contributed by atoms with Gasteiger partial charge in [0.15, 0.2) is 0 Å². The predicted molar refractivity (Wildman–Crippen MR) is 48.3 cm³/mol. The third kappa shape index (κ3) is 1.85. The number of nitrogens with two attached hydrogens (primary N) is 1. The number of halogens is 2. The Morgan fingerprint density at radius 2 is 2.20 bits per heavy atom. The Balaban J connectivity index is 0.000000810. The molecule has 56 valence electrons. The van der Waals surface area contributed by atoms with Crippen LogP contribution in [0, 0.1) is 6.92 Å². The van der Waals surface area contributed by atoms with E-state index in [-0.39, 0.29) is 12.4 Å². The van der Waals surface area contributed by atoms with Crippen molar-refractivity contribution in [2.24, 2.45) is 0 Å². The summed E-state index contributed by atoms with van der Waals surface area (Å²) in [4.78, 5) is 3.98. The summed E-state index contributed by atoms with van der Waals surface area (Å²) in [5.41, 5.74) is 7.16. The van der Waals surface area contributed by atoms with Crippen LogP contribution in [-0.2, 0) is 0 Å². The van der Waals surface area contributed by atoms with Gasteiger partial charge in [0, 0.05) is 10.7 Å². The van der Waals surface area contributed by atoms with E-state index in [4.69, 9.17) is 5.73 Å². The minimum absolute atomic E-state index is 0. The lowest BCUT2D eigenvalue weighted by Gasteiger charge is -1.98. The molecule has 4 heteroatoms. The van der Waals surface area contributed by atoms with Crippen molar-refractivity contribution in [3.05, 3.63) is 22.4 Å². The second kappa shape index (κ2) is 3.78. The minimum atomic E-state index is 0. The molecule has 0 aromatic carbocycles. The standard InChI is InChI=1S/C6H7BrN2.ClH/c1-4-6(8)5(7)2-3-9-4;/h2-3H,8H2,1H3;1H. The maximum Gasteiger partial charge on any atom is 0.0674 e. The highest BCUT2D eigenvalue weighted by molar-refractivity contribution is 9.10. The molecule has 0 aliphatic carbocycles. The first-order valence-corrected chi connectivity index (χ1v) is 3.37. The molecule has 0 bridgehead atoms. The van der Waals surface area contributed by atoms with Gasteiger partial charge in [0.2, 0.25) is 0 Å². The van der Waals surface area contributed by atoms with Gasteiger partial charge in [-0.15, -0.1) is 12.4 Å². The number of hydrogen-bond donors (Lipinski definition) is 1. The molecule has 0 radical (unpaired) electrons. The highest BCUT2D eigenvalue weighted by Crippen LogP contribution is 2.19. The highest BCUT2D eigenvalue weighted by atomic mass is 79.9. The van der Waals surface area contributed by atoms with Crippen LogP contribution >= 0.6 is 28.3 Å². The number of anilines is 1. The van der Waals surface area contributed by atoms with E-state index in [1.165, 1.54) is 0 Å². The predicted octanol–water partition coefficient (Wildman–Crippen LogP) is 2.16. The molecule has 0 spiro atoms. The molecule has 1 aromatic heterocycles. The maximum atomic E-state index is 5.57. The molecular weight excluding hydrogens is 215 g/mol.